The Bertz CT molecular complexity index is 3470. The molecule has 70 heavy (non-hydrogen) atoms. The van der Waals surface area contributed by atoms with Gasteiger partial charge in [0.2, 0.25) is 0 Å². The molecule has 0 aliphatic rings. The molecule has 0 spiro atoms. The second kappa shape index (κ2) is 19.5. The second-order valence-corrected chi connectivity index (χ2v) is 17.1. The zero-order valence-electron chi connectivity index (χ0n) is 38.8. The maximum absolute atomic E-state index is 4.19. The molecule has 0 amide bonds. The molecule has 0 radical (unpaired) electrons. The van der Waals surface area contributed by atoms with Gasteiger partial charge >= 0.3 is 0 Å². The van der Waals surface area contributed by atoms with Crippen LogP contribution in [0.4, 0.5) is 45.5 Å². The van der Waals surface area contributed by atoms with E-state index in [1.165, 1.54) is 10.8 Å². The Hall–Kier alpha value is -9.38. The molecule has 0 aliphatic heterocycles. The summed E-state index contributed by atoms with van der Waals surface area (Å²) in [6.07, 6.45) is 5.68. The smallest absolute Gasteiger partial charge is 0.0548 e. The summed E-state index contributed by atoms with van der Waals surface area (Å²) in [5, 5.41) is 2.41. The molecule has 334 valence electrons. The van der Waals surface area contributed by atoms with E-state index in [0.29, 0.717) is 0 Å². The minimum absolute atomic E-state index is 0.925. The van der Waals surface area contributed by atoms with Crippen LogP contribution in [-0.2, 0) is 0 Å². The predicted molar refractivity (Wildman–Crippen MR) is 298 cm³/mol. The number of hydrogen-bond acceptors (Lipinski definition) is 3. The summed E-state index contributed by atoms with van der Waals surface area (Å²) in [6, 6.07) is 93.3. The molecule has 0 bridgehead atoms. The van der Waals surface area contributed by atoms with Gasteiger partial charge in [0.1, 0.15) is 0 Å². The molecule has 0 N–H and O–H groups in total. The molecule has 0 atom stereocenters. The highest BCUT2D eigenvalue weighted by molar-refractivity contribution is 6.10. The topological polar surface area (TPSA) is 14.7 Å². The lowest BCUT2D eigenvalue weighted by Crippen LogP contribution is -2.15. The van der Waals surface area contributed by atoms with Crippen LogP contribution >= 0.6 is 0 Å². The van der Waals surface area contributed by atoms with E-state index < -0.39 is 0 Å². The van der Waals surface area contributed by atoms with E-state index in [-0.39, 0.29) is 0 Å². The average molecular weight is 899 g/mol. The maximum atomic E-state index is 4.19. The standard InChI is InChI=1S/C66H50N4/c1-3-24-51(4-2)67(52-25-10-5-11-26-52)57-43-39-49(40-44-57)61-48-66(70-63-37-22-20-35-59(63)60-36-21-23-38-64(60)70)62(47-65(61)69(55-31-16-8-17-32-55)56-33-18-9-19-34-56)50-41-45-58(46-42-50)68(53-27-12-6-13-28-53)54-29-14-7-15-30-54/h3-48H,1-2H2/b51-24+. The van der Waals surface area contributed by atoms with Crippen molar-refractivity contribution >= 4 is 67.3 Å². The van der Waals surface area contributed by atoms with Gasteiger partial charge in [-0.2, -0.15) is 0 Å². The number of benzene rings is 10. The van der Waals surface area contributed by atoms with Crippen molar-refractivity contribution in [2.24, 2.45) is 0 Å². The quantitative estimate of drug-likeness (QED) is 0.101. The zero-order chi connectivity index (χ0) is 47.2. The number of nitrogens with zero attached hydrogens (tertiary/aromatic N) is 4. The zero-order valence-corrected chi connectivity index (χ0v) is 38.8. The van der Waals surface area contributed by atoms with Crippen molar-refractivity contribution in [2.75, 3.05) is 14.7 Å². The normalized spacial score (nSPS) is 11.3. The van der Waals surface area contributed by atoms with Crippen molar-refractivity contribution in [1.29, 1.82) is 0 Å². The van der Waals surface area contributed by atoms with Crippen LogP contribution in [0.25, 0.3) is 49.7 Å². The minimum Gasteiger partial charge on any atom is -0.311 e. The molecule has 0 fully saturated rings. The predicted octanol–water partition coefficient (Wildman–Crippen LogP) is 18.5. The summed E-state index contributed by atoms with van der Waals surface area (Å²) in [4.78, 5) is 6.92. The second-order valence-electron chi connectivity index (χ2n) is 17.1. The highest BCUT2D eigenvalue weighted by Gasteiger charge is 2.24. The highest BCUT2D eigenvalue weighted by atomic mass is 15.2. The number of rotatable bonds is 14. The summed E-state index contributed by atoms with van der Waals surface area (Å²) in [6.45, 7) is 8.21. The molecule has 0 saturated carbocycles. The number of para-hydroxylation sites is 7. The summed E-state index contributed by atoms with van der Waals surface area (Å²) in [5.74, 6) is 0. The largest absolute Gasteiger partial charge is 0.311 e. The molecule has 0 saturated heterocycles. The lowest BCUT2D eigenvalue weighted by atomic mass is 9.94. The van der Waals surface area contributed by atoms with Crippen LogP contribution in [-0.4, -0.2) is 4.57 Å². The molecule has 11 aromatic rings. The van der Waals surface area contributed by atoms with E-state index in [1.807, 2.05) is 24.3 Å². The van der Waals surface area contributed by atoms with E-state index in [2.05, 4.69) is 287 Å². The Morgan fingerprint density at radius 1 is 0.357 bits per heavy atom. The van der Waals surface area contributed by atoms with Gasteiger partial charge in [0, 0.05) is 67.4 Å². The van der Waals surface area contributed by atoms with Gasteiger partial charge in [-0.15, -0.1) is 0 Å². The number of hydrogen-bond donors (Lipinski definition) is 0. The average Bonchev–Trinajstić information content (AvgIpc) is 3.77. The summed E-state index contributed by atoms with van der Waals surface area (Å²) < 4.78 is 2.46. The third kappa shape index (κ3) is 8.25. The SMILES string of the molecule is C=C/C=C(\C=C)N(c1ccccc1)c1ccc(-c2cc(-n3c4ccccc4c4ccccc43)c(-c3ccc(N(c4ccccc4)c4ccccc4)cc3)cc2N(c2ccccc2)c2ccccc2)cc1. The third-order valence-corrected chi connectivity index (χ3v) is 12.9. The van der Waals surface area contributed by atoms with E-state index in [4.69, 9.17) is 0 Å². The van der Waals surface area contributed by atoms with Crippen molar-refractivity contribution in [3.63, 3.8) is 0 Å². The summed E-state index contributed by atoms with van der Waals surface area (Å²) >= 11 is 0. The molecular formula is C66H50N4. The van der Waals surface area contributed by atoms with Crippen LogP contribution in [0.1, 0.15) is 0 Å². The minimum atomic E-state index is 0.925. The lowest BCUT2D eigenvalue weighted by molar-refractivity contribution is 1.17. The maximum Gasteiger partial charge on any atom is 0.0548 e. The first-order valence-corrected chi connectivity index (χ1v) is 23.7. The number of allylic oxidation sites excluding steroid dienone is 3. The fourth-order valence-electron chi connectivity index (χ4n) is 9.73. The molecule has 0 unspecified atom stereocenters. The van der Waals surface area contributed by atoms with E-state index in [1.54, 1.807) is 0 Å². The fourth-order valence-corrected chi connectivity index (χ4v) is 9.73. The van der Waals surface area contributed by atoms with Gasteiger partial charge in [-0.05, 0) is 132 Å². The fraction of sp³-hybridized carbons (Fsp3) is 0. The van der Waals surface area contributed by atoms with Gasteiger partial charge in [-0.3, -0.25) is 0 Å². The molecule has 4 heteroatoms. The van der Waals surface area contributed by atoms with Crippen molar-refractivity contribution in [2.45, 2.75) is 0 Å². The van der Waals surface area contributed by atoms with Gasteiger partial charge in [-0.25, -0.2) is 0 Å². The van der Waals surface area contributed by atoms with Crippen molar-refractivity contribution in [3.8, 4) is 27.9 Å². The monoisotopic (exact) mass is 898 g/mol. The van der Waals surface area contributed by atoms with Crippen LogP contribution in [0.15, 0.2) is 298 Å². The summed E-state index contributed by atoms with van der Waals surface area (Å²) in [7, 11) is 0. The molecule has 10 aromatic carbocycles. The van der Waals surface area contributed by atoms with Gasteiger partial charge in [0.25, 0.3) is 0 Å². The molecule has 11 rings (SSSR count). The Kier molecular flexibility index (Phi) is 12.0. The third-order valence-electron chi connectivity index (χ3n) is 12.9. The molecule has 4 nitrogen and oxygen atoms in total. The Morgan fingerprint density at radius 2 is 0.729 bits per heavy atom. The Balaban J connectivity index is 1.19. The number of aromatic nitrogens is 1. The van der Waals surface area contributed by atoms with Crippen LogP contribution in [0.3, 0.4) is 0 Å². The van der Waals surface area contributed by atoms with Crippen molar-refractivity contribution in [1.82, 2.24) is 4.57 Å². The lowest BCUT2D eigenvalue weighted by Gasteiger charge is -2.30. The highest BCUT2D eigenvalue weighted by Crippen LogP contribution is 2.48. The summed E-state index contributed by atoms with van der Waals surface area (Å²) in [5.41, 5.74) is 17.1. The molecule has 1 aromatic heterocycles. The van der Waals surface area contributed by atoms with Crippen molar-refractivity contribution < 1.29 is 0 Å². The number of fused-ring (bicyclic) bond motifs is 3. The molecule has 1 heterocycles. The molecular weight excluding hydrogens is 849 g/mol. The van der Waals surface area contributed by atoms with Crippen LogP contribution in [0, 0.1) is 0 Å². The van der Waals surface area contributed by atoms with E-state index in [0.717, 1.165) is 90.2 Å². The first-order chi connectivity index (χ1) is 34.7. The van der Waals surface area contributed by atoms with Gasteiger partial charge < -0.3 is 19.3 Å². The van der Waals surface area contributed by atoms with Gasteiger partial charge in [-0.1, -0.05) is 171 Å². The van der Waals surface area contributed by atoms with Crippen molar-refractivity contribution in [3.05, 3.63) is 298 Å². The van der Waals surface area contributed by atoms with Crippen LogP contribution in [0.5, 0.6) is 0 Å². The molecule has 0 aliphatic carbocycles. The first-order valence-electron chi connectivity index (χ1n) is 23.7. The Labute approximate surface area is 410 Å². The number of anilines is 8. The van der Waals surface area contributed by atoms with Gasteiger partial charge in [0.15, 0.2) is 0 Å². The van der Waals surface area contributed by atoms with E-state index in [9.17, 15) is 0 Å². The first kappa shape index (κ1) is 43.2. The van der Waals surface area contributed by atoms with Crippen LogP contribution in [0.2, 0.25) is 0 Å². The Morgan fingerprint density at radius 3 is 1.19 bits per heavy atom. The van der Waals surface area contributed by atoms with Crippen LogP contribution < -0.4 is 14.7 Å². The van der Waals surface area contributed by atoms with E-state index >= 15 is 0 Å². The van der Waals surface area contributed by atoms with Gasteiger partial charge in [0.05, 0.1) is 22.4 Å².